The molecular weight excluding hydrogens is 484 g/mol. The largest absolute Gasteiger partial charge is 0.464 e. The first-order valence-corrected chi connectivity index (χ1v) is 11.0. The fourth-order valence-corrected chi connectivity index (χ4v) is 4.03. The van der Waals surface area contributed by atoms with Gasteiger partial charge in [0, 0.05) is 18.6 Å². The Morgan fingerprint density at radius 2 is 2.12 bits per heavy atom. The number of amides is 1. The smallest absolute Gasteiger partial charge is 0.344 e. The molecule has 0 fully saturated rings. The van der Waals surface area contributed by atoms with E-state index < -0.39 is 22.0 Å². The first kappa shape index (κ1) is 23.4. The molecule has 0 aliphatic heterocycles. The number of benzene rings is 1. The zero-order valence-electron chi connectivity index (χ0n) is 16.2. The van der Waals surface area contributed by atoms with Crippen LogP contribution in [0.3, 0.4) is 0 Å². The predicted molar refractivity (Wildman–Crippen MR) is 116 cm³/mol. The van der Waals surface area contributed by atoms with Crippen LogP contribution in [-0.2, 0) is 10.5 Å². The molecule has 0 unspecified atom stereocenters. The highest BCUT2D eigenvalue weighted by Gasteiger charge is 2.19. The zero-order chi connectivity index (χ0) is 23.3. The van der Waals surface area contributed by atoms with Crippen molar-refractivity contribution in [2.45, 2.75) is 23.4 Å². The Labute approximate surface area is 192 Å². The van der Waals surface area contributed by atoms with Gasteiger partial charge in [0.25, 0.3) is 5.69 Å². The van der Waals surface area contributed by atoms with Crippen molar-refractivity contribution in [1.29, 1.82) is 0 Å². The number of hydrogen-bond donors (Lipinski definition) is 1. The quantitative estimate of drug-likeness (QED) is 0.159. The molecule has 0 atom stereocenters. The van der Waals surface area contributed by atoms with E-state index in [0.717, 1.165) is 18.4 Å². The summed E-state index contributed by atoms with van der Waals surface area (Å²) < 4.78 is 10.9. The van der Waals surface area contributed by atoms with Gasteiger partial charge in [-0.1, -0.05) is 41.6 Å². The Bertz CT molecular complexity index is 1240. The van der Waals surface area contributed by atoms with Gasteiger partial charge in [-0.3, -0.25) is 19.7 Å². The van der Waals surface area contributed by atoms with Crippen molar-refractivity contribution in [3.63, 3.8) is 0 Å². The summed E-state index contributed by atoms with van der Waals surface area (Å²) in [7, 11) is 0. The van der Waals surface area contributed by atoms with Crippen LogP contribution in [0.4, 0.5) is 10.8 Å². The molecule has 0 spiro atoms. The third kappa shape index (κ3) is 5.90. The monoisotopic (exact) mass is 496 g/mol. The fourth-order valence-electron chi connectivity index (χ4n) is 2.19. The van der Waals surface area contributed by atoms with Crippen molar-refractivity contribution < 1.29 is 23.7 Å². The standard InChI is InChI=1S/C18H13ClN4O7S2/c1-2-15(25)20-17-21-22-18(32-17)31-8-10-6-13(24)14(7-29-10)30-16(26)9-3-4-11(19)12(5-9)23(27)28/h3-7H,2,8H2,1H3,(H,20,21,25). The molecule has 2 aromatic heterocycles. The highest BCUT2D eigenvalue weighted by Crippen LogP contribution is 2.29. The summed E-state index contributed by atoms with van der Waals surface area (Å²) in [6, 6.07) is 4.53. The molecule has 2 heterocycles. The van der Waals surface area contributed by atoms with Crippen molar-refractivity contribution in [2.24, 2.45) is 0 Å². The molecule has 3 rings (SSSR count). The zero-order valence-corrected chi connectivity index (χ0v) is 18.6. The maximum Gasteiger partial charge on any atom is 0.344 e. The van der Waals surface area contributed by atoms with Gasteiger partial charge in [0.1, 0.15) is 17.0 Å². The lowest BCUT2D eigenvalue weighted by Crippen LogP contribution is -2.15. The lowest BCUT2D eigenvalue weighted by atomic mass is 10.2. The topological polar surface area (TPSA) is 155 Å². The van der Waals surface area contributed by atoms with Gasteiger partial charge in [-0.05, 0) is 12.1 Å². The number of anilines is 1. The summed E-state index contributed by atoms with van der Waals surface area (Å²) in [4.78, 5) is 46.1. The maximum atomic E-state index is 12.3. The molecule has 11 nitrogen and oxygen atoms in total. The van der Waals surface area contributed by atoms with Gasteiger partial charge in [0.15, 0.2) is 4.34 Å². The highest BCUT2D eigenvalue weighted by molar-refractivity contribution is 8.00. The molecule has 0 aliphatic carbocycles. The molecule has 14 heteroatoms. The molecule has 1 N–H and O–H groups in total. The van der Waals surface area contributed by atoms with E-state index >= 15 is 0 Å². The molecule has 166 valence electrons. The van der Waals surface area contributed by atoms with E-state index in [2.05, 4.69) is 15.5 Å². The molecule has 32 heavy (non-hydrogen) atoms. The molecular formula is C18H13ClN4O7S2. The second-order valence-electron chi connectivity index (χ2n) is 5.95. The Hall–Kier alpha value is -3.29. The van der Waals surface area contributed by atoms with Crippen LogP contribution >= 0.6 is 34.7 Å². The maximum absolute atomic E-state index is 12.3. The number of ether oxygens (including phenoxy) is 1. The van der Waals surface area contributed by atoms with Gasteiger partial charge in [-0.15, -0.1) is 10.2 Å². The summed E-state index contributed by atoms with van der Waals surface area (Å²) >= 11 is 8.13. The number of hydrogen-bond acceptors (Lipinski definition) is 11. The fraction of sp³-hybridized carbons (Fsp3) is 0.167. The van der Waals surface area contributed by atoms with Crippen LogP contribution in [0.2, 0.25) is 5.02 Å². The van der Waals surface area contributed by atoms with Crippen LogP contribution in [0, 0.1) is 10.1 Å². The number of nitrogens with one attached hydrogen (secondary N) is 1. The average molecular weight is 497 g/mol. The lowest BCUT2D eigenvalue weighted by Gasteiger charge is -2.05. The summed E-state index contributed by atoms with van der Waals surface area (Å²) in [5.41, 5.74) is -1.23. The number of carbonyl (C=O) groups excluding carboxylic acids is 2. The first-order chi connectivity index (χ1) is 15.3. The molecule has 1 amide bonds. The number of nitro groups is 1. The minimum absolute atomic E-state index is 0.136. The second-order valence-corrected chi connectivity index (χ2v) is 8.56. The highest BCUT2D eigenvalue weighted by atomic mass is 35.5. The average Bonchev–Trinajstić information content (AvgIpc) is 3.21. The van der Waals surface area contributed by atoms with Crippen molar-refractivity contribution in [1.82, 2.24) is 10.2 Å². The summed E-state index contributed by atoms with van der Waals surface area (Å²) in [5.74, 6) is -1.00. The molecule has 3 aromatic rings. The van der Waals surface area contributed by atoms with E-state index in [9.17, 15) is 24.5 Å². The molecule has 1 aromatic carbocycles. The van der Waals surface area contributed by atoms with Crippen LogP contribution < -0.4 is 15.5 Å². The molecule has 0 saturated heterocycles. The van der Waals surface area contributed by atoms with Crippen LogP contribution in [0.15, 0.2) is 44.1 Å². The summed E-state index contributed by atoms with van der Waals surface area (Å²) in [6.07, 6.45) is 1.30. The Morgan fingerprint density at radius 3 is 2.81 bits per heavy atom. The van der Waals surface area contributed by atoms with Crippen LogP contribution in [0.5, 0.6) is 5.75 Å². The van der Waals surface area contributed by atoms with Crippen LogP contribution in [0.25, 0.3) is 0 Å². The van der Waals surface area contributed by atoms with E-state index in [1.165, 1.54) is 35.2 Å². The van der Waals surface area contributed by atoms with Gasteiger partial charge in [-0.25, -0.2) is 4.79 Å². The van der Waals surface area contributed by atoms with Crippen LogP contribution in [-0.4, -0.2) is 27.0 Å². The van der Waals surface area contributed by atoms with E-state index in [1.54, 1.807) is 6.92 Å². The van der Waals surface area contributed by atoms with Gasteiger partial charge in [-0.2, -0.15) is 0 Å². The number of carbonyl (C=O) groups is 2. The van der Waals surface area contributed by atoms with E-state index in [1.807, 2.05) is 0 Å². The number of esters is 1. The Balaban J connectivity index is 1.63. The minimum atomic E-state index is -0.977. The number of aromatic nitrogens is 2. The lowest BCUT2D eigenvalue weighted by molar-refractivity contribution is -0.384. The van der Waals surface area contributed by atoms with Crippen molar-refractivity contribution in [3.8, 4) is 5.75 Å². The number of rotatable bonds is 8. The van der Waals surface area contributed by atoms with E-state index in [4.69, 9.17) is 20.8 Å². The van der Waals surface area contributed by atoms with Gasteiger partial charge < -0.3 is 14.5 Å². The predicted octanol–water partition coefficient (Wildman–Crippen LogP) is 3.91. The van der Waals surface area contributed by atoms with Crippen LogP contribution in [0.1, 0.15) is 29.5 Å². The number of halogens is 1. The molecule has 0 bridgehead atoms. The van der Waals surface area contributed by atoms with Gasteiger partial charge >= 0.3 is 5.97 Å². The van der Waals surface area contributed by atoms with Gasteiger partial charge in [0.05, 0.1) is 16.2 Å². The second kappa shape index (κ2) is 10.3. The van der Waals surface area contributed by atoms with Crippen molar-refractivity contribution >= 4 is 57.4 Å². The van der Waals surface area contributed by atoms with Crippen molar-refractivity contribution in [3.05, 3.63) is 67.2 Å². The Morgan fingerprint density at radius 1 is 1.34 bits per heavy atom. The third-order valence-electron chi connectivity index (χ3n) is 3.75. The summed E-state index contributed by atoms with van der Waals surface area (Å²) in [6.45, 7) is 1.72. The molecule has 0 aliphatic rings. The van der Waals surface area contributed by atoms with E-state index in [-0.39, 0.29) is 33.8 Å². The minimum Gasteiger partial charge on any atom is -0.464 e. The molecule has 0 saturated carbocycles. The van der Waals surface area contributed by atoms with Crippen molar-refractivity contribution in [2.75, 3.05) is 5.32 Å². The number of thioether (sulfide) groups is 1. The Kier molecular flexibility index (Phi) is 7.56. The number of nitrogens with zero attached hydrogens (tertiary/aromatic N) is 3. The van der Waals surface area contributed by atoms with Gasteiger partial charge in [0.2, 0.25) is 22.2 Å². The third-order valence-corrected chi connectivity index (χ3v) is 6.06. The SMILES string of the molecule is CCC(=O)Nc1nnc(SCc2cc(=O)c(OC(=O)c3ccc(Cl)c([N+](=O)[O-])c3)co2)s1. The first-order valence-electron chi connectivity index (χ1n) is 8.80. The van der Waals surface area contributed by atoms with E-state index in [0.29, 0.717) is 15.9 Å². The normalized spacial score (nSPS) is 10.6. The molecule has 0 radical (unpaired) electrons. The summed E-state index contributed by atoms with van der Waals surface area (Å²) in [5, 5.41) is 21.6. The number of nitro benzene ring substituents is 1.